The number of ether oxygens (including phenoxy) is 1. The fourth-order valence-electron chi connectivity index (χ4n) is 2.00. The van der Waals surface area contributed by atoms with Crippen LogP contribution in [0.3, 0.4) is 0 Å². The molecule has 3 rings (SSSR count). The molecule has 0 aliphatic heterocycles. The number of aryl methyl sites for hydroxylation is 1. The second-order valence-electron chi connectivity index (χ2n) is 4.44. The van der Waals surface area contributed by atoms with Crippen LogP contribution in [0.5, 0.6) is 5.75 Å². The number of benzene rings is 1. The summed E-state index contributed by atoms with van der Waals surface area (Å²) < 4.78 is 9.71. The number of hydroxylamine groups is 1. The van der Waals surface area contributed by atoms with Gasteiger partial charge in [0.2, 0.25) is 0 Å². The van der Waals surface area contributed by atoms with Gasteiger partial charge in [-0.15, -0.1) is 0 Å². The van der Waals surface area contributed by atoms with Gasteiger partial charge in [0.05, 0.1) is 18.4 Å². The van der Waals surface area contributed by atoms with Crippen molar-refractivity contribution >= 4 is 11.7 Å². The molecular weight excluding hydrogens is 274 g/mol. The van der Waals surface area contributed by atoms with Crippen LogP contribution in [0.4, 0.5) is 0 Å². The summed E-state index contributed by atoms with van der Waals surface area (Å²) in [6.45, 7) is 0. The number of rotatable bonds is 4. The molecule has 0 fully saturated rings. The summed E-state index contributed by atoms with van der Waals surface area (Å²) in [6, 6.07) is 6.63. The van der Waals surface area contributed by atoms with Gasteiger partial charge >= 0.3 is 5.97 Å². The second kappa shape index (κ2) is 5.66. The fraction of sp³-hybridized carbons (Fsp3) is 0.214. The molecule has 1 heterocycles. The van der Waals surface area contributed by atoms with Gasteiger partial charge in [0.15, 0.2) is 5.69 Å². The van der Waals surface area contributed by atoms with E-state index >= 15 is 0 Å². The first-order valence-corrected chi connectivity index (χ1v) is 6.41. The predicted octanol–water partition coefficient (Wildman–Crippen LogP) is 1.73. The zero-order valence-electron chi connectivity index (χ0n) is 11.3. The van der Waals surface area contributed by atoms with E-state index in [4.69, 9.17) is 9.57 Å². The Bertz CT molecular complexity index is 676. The average Bonchev–Trinajstić information content (AvgIpc) is 3.02. The molecule has 0 radical (unpaired) electrons. The topological polar surface area (TPSA) is 86.5 Å². The van der Waals surface area contributed by atoms with Crippen molar-refractivity contribution in [1.29, 1.82) is 0 Å². The number of carbonyl (C=O) groups excluding carboxylic acids is 1. The Morgan fingerprint density at radius 1 is 1.29 bits per heavy atom. The van der Waals surface area contributed by atoms with E-state index in [1.165, 1.54) is 0 Å². The highest BCUT2D eigenvalue weighted by molar-refractivity contribution is 5.89. The summed E-state index contributed by atoms with van der Waals surface area (Å²) in [7, 11) is 1.56. The van der Waals surface area contributed by atoms with Crippen LogP contribution in [-0.2, 0) is 11.3 Å². The van der Waals surface area contributed by atoms with Crippen LogP contribution in [-0.4, -0.2) is 23.4 Å². The highest BCUT2D eigenvalue weighted by Gasteiger charge is 2.19. The molecule has 21 heavy (non-hydrogen) atoms. The summed E-state index contributed by atoms with van der Waals surface area (Å²) in [5, 5.41) is 7.58. The number of methoxy groups -OCH3 is 1. The van der Waals surface area contributed by atoms with Crippen LogP contribution < -0.4 is 10.2 Å². The molecule has 1 aliphatic carbocycles. The molecular formula is C14H13N3O4. The van der Waals surface area contributed by atoms with Crippen molar-refractivity contribution in [3.05, 3.63) is 47.3 Å². The number of aromatic nitrogens is 2. The lowest BCUT2D eigenvalue weighted by Gasteiger charge is -2.12. The SMILES string of the molecule is COc1ccc(C(=O)ONC2=CCCc3nonc32)cc1. The molecule has 1 aliphatic rings. The highest BCUT2D eigenvalue weighted by Crippen LogP contribution is 2.21. The van der Waals surface area contributed by atoms with Crippen molar-refractivity contribution in [2.24, 2.45) is 0 Å². The first-order chi connectivity index (χ1) is 10.3. The first kappa shape index (κ1) is 13.2. The molecule has 0 atom stereocenters. The number of carbonyl (C=O) groups is 1. The van der Waals surface area contributed by atoms with E-state index < -0.39 is 5.97 Å². The van der Waals surface area contributed by atoms with E-state index in [0.29, 0.717) is 22.7 Å². The largest absolute Gasteiger partial charge is 0.497 e. The zero-order chi connectivity index (χ0) is 14.7. The molecule has 2 aromatic rings. The van der Waals surface area contributed by atoms with Gasteiger partial charge in [0.1, 0.15) is 11.4 Å². The van der Waals surface area contributed by atoms with Crippen molar-refractivity contribution < 1.29 is 19.0 Å². The van der Waals surface area contributed by atoms with Crippen LogP contribution in [0, 0.1) is 0 Å². The molecule has 7 nitrogen and oxygen atoms in total. The second-order valence-corrected chi connectivity index (χ2v) is 4.44. The number of hydrogen-bond donors (Lipinski definition) is 1. The third-order valence-electron chi connectivity index (χ3n) is 3.12. The minimum atomic E-state index is -0.498. The quantitative estimate of drug-likeness (QED) is 0.857. The van der Waals surface area contributed by atoms with Crippen molar-refractivity contribution in [2.45, 2.75) is 12.8 Å². The minimum Gasteiger partial charge on any atom is -0.497 e. The van der Waals surface area contributed by atoms with Gasteiger partial charge in [0, 0.05) is 0 Å². The molecule has 0 amide bonds. The van der Waals surface area contributed by atoms with Crippen molar-refractivity contribution in [1.82, 2.24) is 15.8 Å². The third kappa shape index (κ3) is 2.71. The maximum atomic E-state index is 11.9. The summed E-state index contributed by atoms with van der Waals surface area (Å²) >= 11 is 0. The number of fused-ring (bicyclic) bond motifs is 1. The third-order valence-corrected chi connectivity index (χ3v) is 3.12. The Kier molecular flexibility index (Phi) is 3.55. The summed E-state index contributed by atoms with van der Waals surface area (Å²) in [4.78, 5) is 17.0. The zero-order valence-corrected chi connectivity index (χ0v) is 11.3. The van der Waals surface area contributed by atoms with Gasteiger partial charge in [-0.3, -0.25) is 0 Å². The monoisotopic (exact) mass is 287 g/mol. The van der Waals surface area contributed by atoms with Gasteiger partial charge in [-0.1, -0.05) is 11.2 Å². The van der Waals surface area contributed by atoms with Gasteiger partial charge in [-0.05, 0) is 42.3 Å². The number of allylic oxidation sites excluding steroid dienone is 1. The lowest BCUT2D eigenvalue weighted by atomic mass is 10.1. The van der Waals surface area contributed by atoms with E-state index in [-0.39, 0.29) is 0 Å². The van der Waals surface area contributed by atoms with Gasteiger partial charge in [-0.25, -0.2) is 14.9 Å². The molecule has 0 unspecified atom stereocenters. The molecule has 0 saturated carbocycles. The lowest BCUT2D eigenvalue weighted by Crippen LogP contribution is -2.21. The maximum Gasteiger partial charge on any atom is 0.362 e. The molecule has 1 aromatic carbocycles. The summed E-state index contributed by atoms with van der Waals surface area (Å²) in [6.07, 6.45) is 3.42. The van der Waals surface area contributed by atoms with Gasteiger partial charge < -0.3 is 9.57 Å². The van der Waals surface area contributed by atoms with Crippen LogP contribution in [0.2, 0.25) is 0 Å². The fourth-order valence-corrected chi connectivity index (χ4v) is 2.00. The van der Waals surface area contributed by atoms with E-state index in [0.717, 1.165) is 18.5 Å². The molecule has 7 heteroatoms. The molecule has 108 valence electrons. The predicted molar refractivity (Wildman–Crippen MR) is 72.1 cm³/mol. The highest BCUT2D eigenvalue weighted by atomic mass is 16.7. The summed E-state index contributed by atoms with van der Waals surface area (Å²) in [5.74, 6) is 0.176. The number of nitrogens with one attached hydrogen (secondary N) is 1. The molecule has 1 N–H and O–H groups in total. The minimum absolute atomic E-state index is 0.415. The van der Waals surface area contributed by atoms with E-state index in [2.05, 4.69) is 20.4 Å². The van der Waals surface area contributed by atoms with Crippen LogP contribution in [0.15, 0.2) is 35.0 Å². The van der Waals surface area contributed by atoms with E-state index in [9.17, 15) is 4.79 Å². The van der Waals surface area contributed by atoms with Crippen molar-refractivity contribution in [3.8, 4) is 5.75 Å². The van der Waals surface area contributed by atoms with Crippen LogP contribution in [0.1, 0.15) is 28.2 Å². The molecule has 0 bridgehead atoms. The van der Waals surface area contributed by atoms with Crippen molar-refractivity contribution in [3.63, 3.8) is 0 Å². The van der Waals surface area contributed by atoms with Crippen LogP contribution in [0.25, 0.3) is 5.70 Å². The van der Waals surface area contributed by atoms with Crippen molar-refractivity contribution in [2.75, 3.05) is 7.11 Å². The number of nitrogens with zero attached hydrogens (tertiary/aromatic N) is 2. The Balaban J connectivity index is 1.65. The Labute approximate surface area is 120 Å². The smallest absolute Gasteiger partial charge is 0.362 e. The first-order valence-electron chi connectivity index (χ1n) is 6.41. The molecule has 0 saturated heterocycles. The maximum absolute atomic E-state index is 11.9. The van der Waals surface area contributed by atoms with Crippen LogP contribution >= 0.6 is 0 Å². The number of hydrogen-bond acceptors (Lipinski definition) is 7. The molecule has 1 aromatic heterocycles. The molecule has 0 spiro atoms. The van der Waals surface area contributed by atoms with E-state index in [1.54, 1.807) is 31.4 Å². The van der Waals surface area contributed by atoms with Gasteiger partial charge in [-0.2, -0.15) is 0 Å². The lowest BCUT2D eigenvalue weighted by molar-refractivity contribution is 0.0367. The van der Waals surface area contributed by atoms with E-state index in [1.807, 2.05) is 6.08 Å². The summed E-state index contributed by atoms with van der Waals surface area (Å²) in [5.41, 5.74) is 4.93. The Hall–Kier alpha value is -2.83. The normalized spacial score (nSPS) is 13.1. The van der Waals surface area contributed by atoms with Gasteiger partial charge in [0.25, 0.3) is 0 Å². The standard InChI is InChI=1S/C14H13N3O4/c1-19-10-7-5-9(6-8-10)14(18)20-15-11-3-2-4-12-13(11)17-21-16-12/h3,5-8,15H,2,4H2,1H3. The Morgan fingerprint density at radius 3 is 2.86 bits per heavy atom. The average molecular weight is 287 g/mol. The Morgan fingerprint density at radius 2 is 2.10 bits per heavy atom.